The number of carbonyl (C=O) groups is 1. The van der Waals surface area contributed by atoms with Crippen LogP contribution in [0.4, 0.5) is 0 Å². The molecular formula is C14H22NO2+. The standard InChI is InChI=1S/C14H22NO2/c1-5-7-15-11(3)8-13(9-12(15)4)10-14(16)17-6-2/h8-9H,5-7,10H2,1-4H3/q+1. The molecule has 0 saturated carbocycles. The molecule has 3 heteroatoms. The van der Waals surface area contributed by atoms with E-state index in [9.17, 15) is 4.79 Å². The second-order valence-corrected chi connectivity index (χ2v) is 4.28. The van der Waals surface area contributed by atoms with Gasteiger partial charge >= 0.3 is 5.97 Å². The molecule has 0 aromatic carbocycles. The van der Waals surface area contributed by atoms with Gasteiger partial charge in [0.1, 0.15) is 6.54 Å². The highest BCUT2D eigenvalue weighted by atomic mass is 16.5. The normalized spacial score (nSPS) is 10.4. The molecule has 0 bridgehead atoms. The van der Waals surface area contributed by atoms with Crippen LogP contribution >= 0.6 is 0 Å². The van der Waals surface area contributed by atoms with E-state index in [0.717, 1.165) is 18.5 Å². The zero-order valence-corrected chi connectivity index (χ0v) is 11.2. The van der Waals surface area contributed by atoms with Crippen LogP contribution in [0.25, 0.3) is 0 Å². The second kappa shape index (κ2) is 6.38. The zero-order valence-electron chi connectivity index (χ0n) is 11.2. The number of hydrogen-bond donors (Lipinski definition) is 0. The minimum atomic E-state index is -0.153. The Bertz CT molecular complexity index is 376. The molecule has 1 aromatic heterocycles. The van der Waals surface area contributed by atoms with E-state index in [4.69, 9.17) is 4.74 Å². The van der Waals surface area contributed by atoms with E-state index < -0.39 is 0 Å². The minimum Gasteiger partial charge on any atom is -0.466 e. The molecule has 0 saturated heterocycles. The topological polar surface area (TPSA) is 30.2 Å². The van der Waals surface area contributed by atoms with Crippen molar-refractivity contribution < 1.29 is 14.1 Å². The first-order chi connectivity index (χ1) is 8.08. The Morgan fingerprint density at radius 3 is 2.29 bits per heavy atom. The Labute approximate surface area is 103 Å². The molecule has 0 amide bonds. The molecule has 0 atom stereocenters. The average molecular weight is 236 g/mol. The van der Waals surface area contributed by atoms with Gasteiger partial charge in [0.2, 0.25) is 0 Å². The first kappa shape index (κ1) is 13.7. The molecule has 0 radical (unpaired) electrons. The number of pyridine rings is 1. The average Bonchev–Trinajstić information content (AvgIpc) is 2.23. The van der Waals surface area contributed by atoms with Crippen LogP contribution in [0.5, 0.6) is 0 Å². The molecule has 1 heterocycles. The summed E-state index contributed by atoms with van der Waals surface area (Å²) in [5.74, 6) is -0.153. The molecule has 0 aliphatic carbocycles. The van der Waals surface area contributed by atoms with E-state index in [1.54, 1.807) is 0 Å². The highest BCUT2D eigenvalue weighted by Gasteiger charge is 2.13. The van der Waals surface area contributed by atoms with Crippen LogP contribution in [0, 0.1) is 13.8 Å². The summed E-state index contributed by atoms with van der Waals surface area (Å²) in [6, 6.07) is 4.14. The van der Waals surface area contributed by atoms with Crippen LogP contribution in [0.15, 0.2) is 12.1 Å². The van der Waals surface area contributed by atoms with Gasteiger partial charge in [0.15, 0.2) is 11.4 Å². The molecule has 0 N–H and O–H groups in total. The number of hydrogen-bond acceptors (Lipinski definition) is 2. The summed E-state index contributed by atoms with van der Waals surface area (Å²) in [5.41, 5.74) is 3.43. The highest BCUT2D eigenvalue weighted by molar-refractivity contribution is 5.72. The number of aromatic nitrogens is 1. The number of rotatable bonds is 5. The van der Waals surface area contributed by atoms with Crippen molar-refractivity contribution in [3.05, 3.63) is 29.1 Å². The maximum absolute atomic E-state index is 11.4. The molecular weight excluding hydrogens is 214 g/mol. The fourth-order valence-corrected chi connectivity index (χ4v) is 2.07. The second-order valence-electron chi connectivity index (χ2n) is 4.28. The monoisotopic (exact) mass is 236 g/mol. The fraction of sp³-hybridized carbons (Fsp3) is 0.571. The summed E-state index contributed by atoms with van der Waals surface area (Å²) < 4.78 is 7.23. The summed E-state index contributed by atoms with van der Waals surface area (Å²) >= 11 is 0. The number of nitrogens with zero attached hydrogens (tertiary/aromatic N) is 1. The number of aryl methyl sites for hydroxylation is 2. The Hall–Kier alpha value is -1.38. The van der Waals surface area contributed by atoms with Crippen LogP contribution in [0.2, 0.25) is 0 Å². The Balaban J connectivity index is 2.86. The van der Waals surface area contributed by atoms with Crippen molar-refractivity contribution in [1.29, 1.82) is 0 Å². The Morgan fingerprint density at radius 2 is 1.82 bits per heavy atom. The van der Waals surface area contributed by atoms with Crippen molar-refractivity contribution in [3.8, 4) is 0 Å². The number of carbonyl (C=O) groups excluding carboxylic acids is 1. The maximum Gasteiger partial charge on any atom is 0.310 e. The van der Waals surface area contributed by atoms with E-state index in [1.807, 2.05) is 6.92 Å². The summed E-state index contributed by atoms with van der Waals surface area (Å²) in [6.45, 7) is 9.62. The third-order valence-electron chi connectivity index (χ3n) is 2.74. The highest BCUT2D eigenvalue weighted by Crippen LogP contribution is 2.06. The van der Waals surface area contributed by atoms with Crippen molar-refractivity contribution in [3.63, 3.8) is 0 Å². The van der Waals surface area contributed by atoms with E-state index in [2.05, 4.69) is 37.5 Å². The number of esters is 1. The summed E-state index contributed by atoms with van der Waals surface area (Å²) in [7, 11) is 0. The molecule has 0 unspecified atom stereocenters. The van der Waals surface area contributed by atoms with Crippen molar-refractivity contribution >= 4 is 5.97 Å². The van der Waals surface area contributed by atoms with E-state index >= 15 is 0 Å². The van der Waals surface area contributed by atoms with Crippen LogP contribution in [-0.4, -0.2) is 12.6 Å². The smallest absolute Gasteiger partial charge is 0.310 e. The lowest BCUT2D eigenvalue weighted by molar-refractivity contribution is -0.708. The molecule has 1 aromatic rings. The number of ether oxygens (including phenoxy) is 1. The van der Waals surface area contributed by atoms with Gasteiger partial charge in [-0.1, -0.05) is 6.92 Å². The van der Waals surface area contributed by atoms with E-state index in [-0.39, 0.29) is 5.97 Å². The molecule has 0 fully saturated rings. The molecule has 17 heavy (non-hydrogen) atoms. The lowest BCUT2D eigenvalue weighted by atomic mass is 10.1. The molecule has 1 rings (SSSR count). The SMILES string of the molecule is CCC[n+]1c(C)cc(CC(=O)OCC)cc1C. The molecule has 0 aliphatic rings. The molecule has 3 nitrogen and oxygen atoms in total. The third-order valence-corrected chi connectivity index (χ3v) is 2.74. The predicted octanol–water partition coefficient (Wildman–Crippen LogP) is 2.11. The van der Waals surface area contributed by atoms with Gasteiger partial charge in [-0.3, -0.25) is 4.79 Å². The van der Waals surface area contributed by atoms with Crippen LogP contribution in [-0.2, 0) is 22.5 Å². The van der Waals surface area contributed by atoms with Crippen molar-refractivity contribution in [2.45, 2.75) is 47.1 Å². The first-order valence-electron chi connectivity index (χ1n) is 6.24. The Morgan fingerprint density at radius 1 is 1.24 bits per heavy atom. The summed E-state index contributed by atoms with van der Waals surface area (Å²) in [4.78, 5) is 11.4. The predicted molar refractivity (Wildman–Crippen MR) is 66.7 cm³/mol. The van der Waals surface area contributed by atoms with Gasteiger partial charge in [-0.15, -0.1) is 0 Å². The zero-order chi connectivity index (χ0) is 12.8. The largest absolute Gasteiger partial charge is 0.466 e. The lowest BCUT2D eigenvalue weighted by Gasteiger charge is -2.06. The van der Waals surface area contributed by atoms with Gasteiger partial charge in [-0.05, 0) is 12.5 Å². The summed E-state index contributed by atoms with van der Waals surface area (Å²) in [5, 5.41) is 0. The van der Waals surface area contributed by atoms with Gasteiger partial charge < -0.3 is 4.74 Å². The first-order valence-corrected chi connectivity index (χ1v) is 6.24. The third kappa shape index (κ3) is 3.84. The van der Waals surface area contributed by atoms with Crippen LogP contribution in [0.3, 0.4) is 0 Å². The van der Waals surface area contributed by atoms with Gasteiger partial charge in [-0.25, -0.2) is 4.57 Å². The Kier molecular flexibility index (Phi) is 5.13. The van der Waals surface area contributed by atoms with Gasteiger partial charge in [0.05, 0.1) is 13.0 Å². The van der Waals surface area contributed by atoms with Gasteiger partial charge in [0.25, 0.3) is 0 Å². The van der Waals surface area contributed by atoms with Crippen LogP contribution < -0.4 is 4.57 Å². The van der Waals surface area contributed by atoms with Crippen molar-refractivity contribution in [1.82, 2.24) is 0 Å². The van der Waals surface area contributed by atoms with Gasteiger partial charge in [-0.2, -0.15) is 0 Å². The van der Waals surface area contributed by atoms with Crippen molar-refractivity contribution in [2.24, 2.45) is 0 Å². The molecule has 0 aliphatic heterocycles. The molecule has 0 spiro atoms. The quantitative estimate of drug-likeness (QED) is 0.579. The molecule has 94 valence electrons. The van der Waals surface area contributed by atoms with Crippen molar-refractivity contribution in [2.75, 3.05) is 6.61 Å². The van der Waals surface area contributed by atoms with E-state index in [0.29, 0.717) is 13.0 Å². The van der Waals surface area contributed by atoms with Crippen LogP contribution in [0.1, 0.15) is 37.2 Å². The van der Waals surface area contributed by atoms with E-state index in [1.165, 1.54) is 11.4 Å². The minimum absolute atomic E-state index is 0.153. The lowest BCUT2D eigenvalue weighted by Crippen LogP contribution is -2.40. The van der Waals surface area contributed by atoms with Gasteiger partial charge in [0, 0.05) is 32.4 Å². The fourth-order valence-electron chi connectivity index (χ4n) is 2.07. The maximum atomic E-state index is 11.4. The summed E-state index contributed by atoms with van der Waals surface area (Å²) in [6.07, 6.45) is 1.48.